The van der Waals surface area contributed by atoms with Crippen LogP contribution >= 0.6 is 11.6 Å². The van der Waals surface area contributed by atoms with Gasteiger partial charge in [0.15, 0.2) is 0 Å². The third-order valence-electron chi connectivity index (χ3n) is 4.91. The molecule has 6 nitrogen and oxygen atoms in total. The molecule has 1 fully saturated rings. The fourth-order valence-corrected chi connectivity index (χ4v) is 3.40. The van der Waals surface area contributed by atoms with Crippen LogP contribution < -0.4 is 10.1 Å². The summed E-state index contributed by atoms with van der Waals surface area (Å²) in [4.78, 5) is 28.8. The molecule has 28 heavy (non-hydrogen) atoms. The molecular weight excluding hydrogens is 378 g/mol. The Labute approximate surface area is 170 Å². The highest BCUT2D eigenvalue weighted by molar-refractivity contribution is 6.30. The zero-order valence-electron chi connectivity index (χ0n) is 16.0. The first-order valence-corrected chi connectivity index (χ1v) is 9.60. The van der Waals surface area contributed by atoms with Gasteiger partial charge in [-0.15, -0.1) is 0 Å². The highest BCUT2D eigenvalue weighted by Crippen LogP contribution is 2.33. The molecular formula is C21H24ClN3O3. The molecule has 7 heteroatoms. The molecule has 3 amide bonds. The van der Waals surface area contributed by atoms with E-state index in [0.717, 1.165) is 11.3 Å². The van der Waals surface area contributed by atoms with Crippen molar-refractivity contribution in [2.45, 2.75) is 18.9 Å². The second kappa shape index (κ2) is 8.63. The number of imide groups is 1. The number of nitrogens with one attached hydrogen (secondary N) is 1. The number of carbonyl (C=O) groups is 2. The van der Waals surface area contributed by atoms with Crippen LogP contribution in [0.25, 0.3) is 0 Å². The lowest BCUT2D eigenvalue weighted by Crippen LogP contribution is -2.45. The van der Waals surface area contributed by atoms with E-state index in [4.69, 9.17) is 16.3 Å². The SMILES string of the molecule is CC[C@@]1(c2ccc(Cl)cc2)NC(=O)N(CN(C)CCOc2ccccc2)C1=O. The number of amides is 3. The van der Waals surface area contributed by atoms with Crippen molar-refractivity contribution in [1.82, 2.24) is 15.1 Å². The van der Waals surface area contributed by atoms with Crippen LogP contribution in [-0.2, 0) is 10.3 Å². The number of nitrogens with zero attached hydrogens (tertiary/aromatic N) is 2. The number of carbonyl (C=O) groups excluding carboxylic acids is 2. The van der Waals surface area contributed by atoms with Crippen LogP contribution in [0, 0.1) is 0 Å². The molecule has 0 aliphatic carbocycles. The quantitative estimate of drug-likeness (QED) is 0.688. The minimum Gasteiger partial charge on any atom is -0.492 e. The van der Waals surface area contributed by atoms with Crippen LogP contribution in [0.2, 0.25) is 5.02 Å². The highest BCUT2D eigenvalue weighted by Gasteiger charge is 2.51. The number of para-hydroxylation sites is 1. The summed E-state index contributed by atoms with van der Waals surface area (Å²) in [6.07, 6.45) is 0.455. The van der Waals surface area contributed by atoms with E-state index in [2.05, 4.69) is 5.32 Å². The molecule has 3 rings (SSSR count). The van der Waals surface area contributed by atoms with Crippen molar-refractivity contribution in [2.75, 3.05) is 26.9 Å². The van der Waals surface area contributed by atoms with Gasteiger partial charge in [0.05, 0.1) is 6.67 Å². The largest absolute Gasteiger partial charge is 0.492 e. The van der Waals surface area contributed by atoms with Crippen LogP contribution in [0.1, 0.15) is 18.9 Å². The molecule has 1 aliphatic heterocycles. The Morgan fingerprint density at radius 3 is 2.43 bits per heavy atom. The lowest BCUT2D eigenvalue weighted by molar-refractivity contribution is -0.133. The molecule has 148 valence electrons. The van der Waals surface area contributed by atoms with E-state index in [1.807, 2.05) is 49.2 Å². The first kappa shape index (κ1) is 20.2. The summed E-state index contributed by atoms with van der Waals surface area (Å²) in [6.45, 7) is 3.11. The zero-order valence-corrected chi connectivity index (χ0v) is 16.8. The Kier molecular flexibility index (Phi) is 6.21. The molecule has 0 unspecified atom stereocenters. The fraction of sp³-hybridized carbons (Fsp3) is 0.333. The smallest absolute Gasteiger partial charge is 0.326 e. The summed E-state index contributed by atoms with van der Waals surface area (Å²) < 4.78 is 5.68. The Hall–Kier alpha value is -2.57. The van der Waals surface area contributed by atoms with E-state index < -0.39 is 11.6 Å². The number of benzene rings is 2. The van der Waals surface area contributed by atoms with Gasteiger partial charge < -0.3 is 10.1 Å². The first-order valence-electron chi connectivity index (χ1n) is 9.23. The molecule has 0 saturated carbocycles. The van der Waals surface area contributed by atoms with Gasteiger partial charge in [-0.3, -0.25) is 9.69 Å². The third kappa shape index (κ3) is 4.13. The van der Waals surface area contributed by atoms with Gasteiger partial charge in [0.2, 0.25) is 0 Å². The predicted molar refractivity (Wildman–Crippen MR) is 108 cm³/mol. The van der Waals surface area contributed by atoms with Gasteiger partial charge in [-0.1, -0.05) is 48.9 Å². The second-order valence-electron chi connectivity index (χ2n) is 6.81. The normalized spacial score (nSPS) is 19.2. The standard InChI is InChI=1S/C21H24ClN3O3/c1-3-21(16-9-11-17(22)12-10-16)19(26)25(20(27)23-21)15-24(2)13-14-28-18-7-5-4-6-8-18/h4-12H,3,13-15H2,1-2H3,(H,23,27)/t21-/m0/s1. The van der Waals surface area contributed by atoms with Crippen molar-refractivity contribution in [2.24, 2.45) is 0 Å². The molecule has 1 saturated heterocycles. The maximum atomic E-state index is 13.1. The number of halogens is 1. The summed E-state index contributed by atoms with van der Waals surface area (Å²) in [7, 11) is 1.85. The van der Waals surface area contributed by atoms with Crippen LogP contribution in [0.3, 0.4) is 0 Å². The highest BCUT2D eigenvalue weighted by atomic mass is 35.5. The first-order chi connectivity index (χ1) is 13.5. The Balaban J connectivity index is 1.63. The van der Waals surface area contributed by atoms with E-state index in [0.29, 0.717) is 24.6 Å². The van der Waals surface area contributed by atoms with Gasteiger partial charge in [0.1, 0.15) is 17.9 Å². The number of likely N-dealkylation sites (N-methyl/N-ethyl adjacent to an activating group) is 1. The summed E-state index contributed by atoms with van der Waals surface area (Å²) in [5, 5.41) is 3.46. The molecule has 2 aromatic rings. The van der Waals surface area contributed by atoms with E-state index in [1.165, 1.54) is 4.90 Å². The fourth-order valence-electron chi connectivity index (χ4n) is 3.28. The molecule has 0 bridgehead atoms. The van der Waals surface area contributed by atoms with Gasteiger partial charge in [0, 0.05) is 11.6 Å². The van der Waals surface area contributed by atoms with Crippen molar-refractivity contribution in [3.63, 3.8) is 0 Å². The molecule has 0 spiro atoms. The van der Waals surface area contributed by atoms with Crippen LogP contribution in [0.15, 0.2) is 54.6 Å². The summed E-state index contributed by atoms with van der Waals surface area (Å²) >= 11 is 5.96. The van der Waals surface area contributed by atoms with Gasteiger partial charge in [-0.25, -0.2) is 9.69 Å². The van der Waals surface area contributed by atoms with Crippen molar-refractivity contribution in [1.29, 1.82) is 0 Å². The van der Waals surface area contributed by atoms with Crippen molar-refractivity contribution in [3.8, 4) is 5.75 Å². The Morgan fingerprint density at radius 2 is 1.79 bits per heavy atom. The maximum absolute atomic E-state index is 13.1. The second-order valence-corrected chi connectivity index (χ2v) is 7.25. The Morgan fingerprint density at radius 1 is 1.11 bits per heavy atom. The zero-order chi connectivity index (χ0) is 20.1. The predicted octanol–water partition coefficient (Wildman–Crippen LogP) is 3.47. The van der Waals surface area contributed by atoms with E-state index in [9.17, 15) is 9.59 Å². The van der Waals surface area contributed by atoms with Gasteiger partial charge in [-0.05, 0) is 43.3 Å². The van der Waals surface area contributed by atoms with Crippen LogP contribution in [0.4, 0.5) is 4.79 Å². The molecule has 0 aromatic heterocycles. The topological polar surface area (TPSA) is 61.9 Å². The Bertz CT molecular complexity index is 829. The average molecular weight is 402 g/mol. The molecule has 1 heterocycles. The summed E-state index contributed by atoms with van der Waals surface area (Å²) in [5.74, 6) is 0.539. The lowest BCUT2D eigenvalue weighted by atomic mass is 9.87. The molecule has 1 N–H and O–H groups in total. The monoisotopic (exact) mass is 401 g/mol. The minimum atomic E-state index is -1.05. The number of hydrogen-bond acceptors (Lipinski definition) is 4. The summed E-state index contributed by atoms with van der Waals surface area (Å²) in [6, 6.07) is 16.1. The number of urea groups is 1. The van der Waals surface area contributed by atoms with Gasteiger partial charge >= 0.3 is 6.03 Å². The third-order valence-corrected chi connectivity index (χ3v) is 5.16. The van der Waals surface area contributed by atoms with E-state index >= 15 is 0 Å². The molecule has 2 aromatic carbocycles. The molecule has 1 aliphatic rings. The molecule has 1 atom stereocenters. The van der Waals surface area contributed by atoms with Crippen molar-refractivity contribution in [3.05, 3.63) is 65.2 Å². The van der Waals surface area contributed by atoms with Crippen molar-refractivity contribution < 1.29 is 14.3 Å². The number of hydrogen-bond donors (Lipinski definition) is 1. The van der Waals surface area contributed by atoms with Gasteiger partial charge in [0.25, 0.3) is 5.91 Å². The summed E-state index contributed by atoms with van der Waals surface area (Å²) in [5.41, 5.74) is -0.321. The minimum absolute atomic E-state index is 0.193. The number of rotatable bonds is 8. The molecule has 0 radical (unpaired) electrons. The van der Waals surface area contributed by atoms with E-state index in [-0.39, 0.29) is 12.6 Å². The van der Waals surface area contributed by atoms with E-state index in [1.54, 1.807) is 24.3 Å². The number of ether oxygens (including phenoxy) is 1. The van der Waals surface area contributed by atoms with Crippen LogP contribution in [-0.4, -0.2) is 48.6 Å². The lowest BCUT2D eigenvalue weighted by Gasteiger charge is -2.27. The average Bonchev–Trinajstić information content (AvgIpc) is 2.94. The van der Waals surface area contributed by atoms with Gasteiger partial charge in [-0.2, -0.15) is 0 Å². The maximum Gasteiger partial charge on any atom is 0.326 e. The van der Waals surface area contributed by atoms with Crippen LogP contribution in [0.5, 0.6) is 5.75 Å². The van der Waals surface area contributed by atoms with Crippen molar-refractivity contribution >= 4 is 23.5 Å².